The molecule has 1 aromatic rings. The fraction of sp³-hybridized carbons (Fsp3) is 0.429. The third-order valence-corrected chi connectivity index (χ3v) is 2.40. The molecule has 0 saturated carbocycles. The van der Waals surface area contributed by atoms with Gasteiger partial charge < -0.3 is 15.0 Å². The van der Waals surface area contributed by atoms with Gasteiger partial charge in [0, 0.05) is 39.0 Å². The van der Waals surface area contributed by atoms with Crippen LogP contribution in [0.25, 0.3) is 0 Å². The SMILES string of the molecule is Cc1ccc(OCCNC/C=C/C(=O)N(C)C)cn1. The number of nitrogens with zero attached hydrogens (tertiary/aromatic N) is 2. The second kappa shape index (κ2) is 8.26. The van der Waals surface area contributed by atoms with Gasteiger partial charge in [0.1, 0.15) is 12.4 Å². The monoisotopic (exact) mass is 263 g/mol. The molecule has 1 N–H and O–H groups in total. The molecule has 19 heavy (non-hydrogen) atoms. The lowest BCUT2D eigenvalue weighted by Gasteiger charge is -2.07. The lowest BCUT2D eigenvalue weighted by atomic mass is 10.4. The molecule has 5 nitrogen and oxygen atoms in total. The van der Waals surface area contributed by atoms with Crippen LogP contribution in [0.5, 0.6) is 5.75 Å². The zero-order valence-electron chi connectivity index (χ0n) is 11.7. The van der Waals surface area contributed by atoms with E-state index in [9.17, 15) is 4.79 Å². The van der Waals surface area contributed by atoms with E-state index in [1.165, 1.54) is 4.90 Å². The summed E-state index contributed by atoms with van der Waals surface area (Å²) in [5, 5.41) is 3.16. The number of likely N-dealkylation sites (N-methyl/N-ethyl adjacent to an activating group) is 1. The standard InChI is InChI=1S/C14H21N3O2/c1-12-6-7-13(11-16-12)19-10-9-15-8-4-5-14(18)17(2)3/h4-7,11,15H,8-10H2,1-3H3/b5-4+. The van der Waals surface area contributed by atoms with E-state index in [1.54, 1.807) is 32.4 Å². The highest BCUT2D eigenvalue weighted by atomic mass is 16.5. The number of ether oxygens (including phenoxy) is 1. The summed E-state index contributed by atoms with van der Waals surface area (Å²) in [5.74, 6) is 0.759. The molecule has 1 aromatic heterocycles. The molecule has 1 amide bonds. The van der Waals surface area contributed by atoms with Gasteiger partial charge in [-0.3, -0.25) is 9.78 Å². The molecule has 0 aromatic carbocycles. The van der Waals surface area contributed by atoms with Crippen LogP contribution in [-0.4, -0.2) is 49.6 Å². The summed E-state index contributed by atoms with van der Waals surface area (Å²) >= 11 is 0. The van der Waals surface area contributed by atoms with E-state index in [-0.39, 0.29) is 5.91 Å². The van der Waals surface area contributed by atoms with Crippen LogP contribution in [0, 0.1) is 6.92 Å². The second-order valence-corrected chi connectivity index (χ2v) is 4.32. The Balaban J connectivity index is 2.08. The number of nitrogens with one attached hydrogen (secondary N) is 1. The third kappa shape index (κ3) is 6.57. The fourth-order valence-corrected chi connectivity index (χ4v) is 1.27. The zero-order valence-corrected chi connectivity index (χ0v) is 11.7. The summed E-state index contributed by atoms with van der Waals surface area (Å²) in [4.78, 5) is 16.9. The number of aromatic nitrogens is 1. The molecule has 104 valence electrons. The summed E-state index contributed by atoms with van der Waals surface area (Å²) in [6.07, 6.45) is 5.07. The highest BCUT2D eigenvalue weighted by Gasteiger charge is 1.96. The largest absolute Gasteiger partial charge is 0.491 e. The van der Waals surface area contributed by atoms with Gasteiger partial charge in [0.25, 0.3) is 0 Å². The van der Waals surface area contributed by atoms with Crippen LogP contribution in [-0.2, 0) is 4.79 Å². The van der Waals surface area contributed by atoms with Crippen molar-refractivity contribution in [2.75, 3.05) is 33.8 Å². The van der Waals surface area contributed by atoms with Crippen molar-refractivity contribution in [2.24, 2.45) is 0 Å². The van der Waals surface area contributed by atoms with Gasteiger partial charge >= 0.3 is 0 Å². The molecular weight excluding hydrogens is 242 g/mol. The molecule has 1 heterocycles. The molecule has 0 fully saturated rings. The van der Waals surface area contributed by atoms with Crippen molar-refractivity contribution in [3.8, 4) is 5.75 Å². The Kier molecular flexibility index (Phi) is 6.60. The molecule has 0 unspecified atom stereocenters. The maximum absolute atomic E-state index is 11.2. The van der Waals surface area contributed by atoms with Gasteiger partial charge in [0.05, 0.1) is 6.20 Å². The quantitative estimate of drug-likeness (QED) is 0.589. The predicted octanol–water partition coefficient (Wildman–Crippen LogP) is 1.00. The smallest absolute Gasteiger partial charge is 0.245 e. The van der Waals surface area contributed by atoms with Gasteiger partial charge in [-0.05, 0) is 19.1 Å². The number of carbonyl (C=O) groups excluding carboxylic acids is 1. The van der Waals surface area contributed by atoms with Crippen LogP contribution in [0.3, 0.4) is 0 Å². The molecule has 5 heteroatoms. The minimum atomic E-state index is -0.0104. The first kappa shape index (κ1) is 15.2. The van der Waals surface area contributed by atoms with E-state index in [2.05, 4.69) is 10.3 Å². The first-order chi connectivity index (χ1) is 9.09. The van der Waals surface area contributed by atoms with Gasteiger partial charge in [-0.15, -0.1) is 0 Å². The number of amides is 1. The van der Waals surface area contributed by atoms with Crippen LogP contribution in [0.15, 0.2) is 30.5 Å². The minimum absolute atomic E-state index is 0.0104. The Morgan fingerprint density at radius 1 is 1.47 bits per heavy atom. The van der Waals surface area contributed by atoms with E-state index < -0.39 is 0 Å². The van der Waals surface area contributed by atoms with Crippen molar-refractivity contribution < 1.29 is 9.53 Å². The normalized spacial score (nSPS) is 10.7. The summed E-state index contributed by atoms with van der Waals surface area (Å²) in [6, 6.07) is 3.82. The van der Waals surface area contributed by atoms with E-state index >= 15 is 0 Å². The molecule has 0 aliphatic heterocycles. The summed E-state index contributed by atoms with van der Waals surface area (Å²) in [6.45, 7) is 3.87. The summed E-state index contributed by atoms with van der Waals surface area (Å²) in [5.41, 5.74) is 0.973. The van der Waals surface area contributed by atoms with Crippen molar-refractivity contribution in [2.45, 2.75) is 6.92 Å². The number of rotatable bonds is 7. The first-order valence-electron chi connectivity index (χ1n) is 6.23. The number of pyridine rings is 1. The van der Waals surface area contributed by atoms with Crippen LogP contribution in [0.1, 0.15) is 5.69 Å². The van der Waals surface area contributed by atoms with Gasteiger partial charge in [-0.1, -0.05) is 6.08 Å². The Hall–Kier alpha value is -1.88. The number of hydrogen-bond donors (Lipinski definition) is 1. The highest BCUT2D eigenvalue weighted by molar-refractivity contribution is 5.87. The summed E-state index contributed by atoms with van der Waals surface area (Å²) < 4.78 is 5.50. The molecule has 0 aliphatic rings. The van der Waals surface area contributed by atoms with Crippen molar-refractivity contribution in [3.05, 3.63) is 36.2 Å². The van der Waals surface area contributed by atoms with Crippen LogP contribution in [0.4, 0.5) is 0 Å². The Labute approximate surface area is 114 Å². The fourth-order valence-electron chi connectivity index (χ4n) is 1.27. The molecule has 0 radical (unpaired) electrons. The molecule has 1 rings (SSSR count). The first-order valence-corrected chi connectivity index (χ1v) is 6.23. The third-order valence-electron chi connectivity index (χ3n) is 2.40. The van der Waals surface area contributed by atoms with E-state index in [0.717, 1.165) is 11.4 Å². The van der Waals surface area contributed by atoms with E-state index in [0.29, 0.717) is 19.7 Å². The molecular formula is C14H21N3O2. The average molecular weight is 263 g/mol. The predicted molar refractivity (Wildman–Crippen MR) is 75.2 cm³/mol. The van der Waals surface area contributed by atoms with Crippen LogP contribution >= 0.6 is 0 Å². The van der Waals surface area contributed by atoms with E-state index in [4.69, 9.17) is 4.74 Å². The van der Waals surface area contributed by atoms with Gasteiger partial charge in [0.15, 0.2) is 0 Å². The van der Waals surface area contributed by atoms with Gasteiger partial charge in [-0.25, -0.2) is 0 Å². The van der Waals surface area contributed by atoms with Crippen molar-refractivity contribution >= 4 is 5.91 Å². The molecule has 0 atom stereocenters. The van der Waals surface area contributed by atoms with E-state index in [1.807, 2.05) is 19.1 Å². The maximum atomic E-state index is 11.2. The highest BCUT2D eigenvalue weighted by Crippen LogP contribution is 2.07. The number of aryl methyl sites for hydroxylation is 1. The molecule has 0 bridgehead atoms. The maximum Gasteiger partial charge on any atom is 0.245 e. The lowest BCUT2D eigenvalue weighted by molar-refractivity contribution is -0.123. The summed E-state index contributed by atoms with van der Waals surface area (Å²) in [7, 11) is 3.45. The molecule has 0 spiro atoms. The zero-order chi connectivity index (χ0) is 14.1. The average Bonchev–Trinajstić information content (AvgIpc) is 2.39. The molecule has 0 saturated heterocycles. The van der Waals surface area contributed by atoms with Gasteiger partial charge in [0.2, 0.25) is 5.91 Å². The number of carbonyl (C=O) groups is 1. The molecule has 0 aliphatic carbocycles. The Morgan fingerprint density at radius 2 is 2.26 bits per heavy atom. The van der Waals surface area contributed by atoms with Crippen molar-refractivity contribution in [3.63, 3.8) is 0 Å². The van der Waals surface area contributed by atoms with Gasteiger partial charge in [-0.2, -0.15) is 0 Å². The van der Waals surface area contributed by atoms with Crippen molar-refractivity contribution in [1.29, 1.82) is 0 Å². The van der Waals surface area contributed by atoms with Crippen LogP contribution in [0.2, 0.25) is 0 Å². The second-order valence-electron chi connectivity index (χ2n) is 4.32. The minimum Gasteiger partial charge on any atom is -0.491 e. The van der Waals surface area contributed by atoms with Crippen LogP contribution < -0.4 is 10.1 Å². The topological polar surface area (TPSA) is 54.5 Å². The number of hydrogen-bond acceptors (Lipinski definition) is 4. The Bertz CT molecular complexity index is 413. The Morgan fingerprint density at radius 3 is 2.89 bits per heavy atom. The van der Waals surface area contributed by atoms with Crippen molar-refractivity contribution in [1.82, 2.24) is 15.2 Å². The lowest BCUT2D eigenvalue weighted by Crippen LogP contribution is -2.22.